The van der Waals surface area contributed by atoms with E-state index in [1.807, 2.05) is 6.07 Å². The Morgan fingerprint density at radius 1 is 1.10 bits per heavy atom. The molecule has 0 unspecified atom stereocenters. The van der Waals surface area contributed by atoms with Gasteiger partial charge in [0.05, 0.1) is 0 Å². The van der Waals surface area contributed by atoms with Gasteiger partial charge in [-0.25, -0.2) is 9.78 Å². The molecule has 1 amide bonds. The highest BCUT2D eigenvalue weighted by atomic mass is 16.5. The van der Waals surface area contributed by atoms with Crippen molar-refractivity contribution in [3.63, 3.8) is 0 Å². The summed E-state index contributed by atoms with van der Waals surface area (Å²) in [5.41, 5.74) is 0.824. The van der Waals surface area contributed by atoms with E-state index in [0.717, 1.165) is 0 Å². The molecule has 5 nitrogen and oxygen atoms in total. The number of ether oxygens (including phenoxy) is 1. The summed E-state index contributed by atoms with van der Waals surface area (Å²) in [5, 5.41) is 2.66. The fourth-order valence-corrected chi connectivity index (χ4v) is 1.52. The summed E-state index contributed by atoms with van der Waals surface area (Å²) in [6.45, 7) is 1.51. The molecule has 102 valence electrons. The Balaban J connectivity index is 1.93. The van der Waals surface area contributed by atoms with E-state index >= 15 is 0 Å². The number of rotatable bonds is 4. The summed E-state index contributed by atoms with van der Waals surface area (Å²) < 4.78 is 5.06. The summed E-state index contributed by atoms with van der Waals surface area (Å²) >= 11 is 0. The van der Waals surface area contributed by atoms with Gasteiger partial charge in [-0.3, -0.25) is 4.79 Å². The second kappa shape index (κ2) is 6.47. The first-order chi connectivity index (χ1) is 9.66. The van der Waals surface area contributed by atoms with Crippen molar-refractivity contribution in [2.75, 3.05) is 5.32 Å². The van der Waals surface area contributed by atoms with E-state index in [-0.39, 0.29) is 11.6 Å². The number of nitrogens with one attached hydrogen (secondary N) is 1. The van der Waals surface area contributed by atoms with E-state index in [2.05, 4.69) is 10.3 Å². The number of esters is 1. The molecule has 1 aromatic carbocycles. The summed E-state index contributed by atoms with van der Waals surface area (Å²) in [4.78, 5) is 27.5. The number of carbonyl (C=O) groups is 2. The fourth-order valence-electron chi connectivity index (χ4n) is 1.52. The van der Waals surface area contributed by atoms with Crippen molar-refractivity contribution in [1.29, 1.82) is 0 Å². The first-order valence-electron chi connectivity index (χ1n) is 6.15. The van der Waals surface area contributed by atoms with Crippen molar-refractivity contribution < 1.29 is 14.3 Å². The van der Waals surface area contributed by atoms with Crippen LogP contribution in [0.2, 0.25) is 0 Å². The van der Waals surface area contributed by atoms with Crippen LogP contribution in [0.4, 0.5) is 5.69 Å². The molecule has 2 aromatic rings. The minimum Gasteiger partial charge on any atom is -0.448 e. The maximum atomic E-state index is 11.9. The van der Waals surface area contributed by atoms with Gasteiger partial charge in [0.1, 0.15) is 5.69 Å². The summed E-state index contributed by atoms with van der Waals surface area (Å²) in [7, 11) is 0. The van der Waals surface area contributed by atoms with Gasteiger partial charge >= 0.3 is 5.97 Å². The van der Waals surface area contributed by atoms with Gasteiger partial charge < -0.3 is 10.1 Å². The number of hydrogen-bond acceptors (Lipinski definition) is 4. The van der Waals surface area contributed by atoms with E-state index in [1.54, 1.807) is 36.4 Å². The molecule has 0 radical (unpaired) electrons. The van der Waals surface area contributed by atoms with Gasteiger partial charge in [-0.15, -0.1) is 0 Å². The lowest BCUT2D eigenvalue weighted by atomic mass is 10.3. The standard InChI is InChI=1S/C15H14N2O3/c1-11(14(18)17-12-7-3-2-4-8-12)20-15(19)13-9-5-6-10-16-13/h2-11H,1H3,(H,17,18)/t11-/m0/s1. The predicted molar refractivity (Wildman–Crippen MR) is 74.2 cm³/mol. The smallest absolute Gasteiger partial charge is 0.357 e. The maximum Gasteiger partial charge on any atom is 0.357 e. The largest absolute Gasteiger partial charge is 0.448 e. The third kappa shape index (κ3) is 3.65. The predicted octanol–water partition coefficient (Wildman–Crippen LogP) is 2.27. The molecule has 1 N–H and O–H groups in total. The quantitative estimate of drug-likeness (QED) is 0.865. The van der Waals surface area contributed by atoms with Crippen LogP contribution in [-0.2, 0) is 9.53 Å². The average molecular weight is 270 g/mol. The molecule has 0 saturated carbocycles. The van der Waals surface area contributed by atoms with Crippen LogP contribution in [0, 0.1) is 0 Å². The fraction of sp³-hybridized carbons (Fsp3) is 0.133. The van der Waals surface area contributed by atoms with Crippen LogP contribution in [0.25, 0.3) is 0 Å². The lowest BCUT2D eigenvalue weighted by Crippen LogP contribution is -2.30. The number of anilines is 1. The molecule has 0 aliphatic rings. The Morgan fingerprint density at radius 2 is 1.80 bits per heavy atom. The zero-order valence-electron chi connectivity index (χ0n) is 10.9. The number of hydrogen-bond donors (Lipinski definition) is 1. The molecule has 20 heavy (non-hydrogen) atoms. The number of aromatic nitrogens is 1. The van der Waals surface area contributed by atoms with E-state index < -0.39 is 12.1 Å². The molecular weight excluding hydrogens is 256 g/mol. The van der Waals surface area contributed by atoms with Crippen LogP contribution in [0.1, 0.15) is 17.4 Å². The van der Waals surface area contributed by atoms with Crippen molar-refractivity contribution in [2.45, 2.75) is 13.0 Å². The summed E-state index contributed by atoms with van der Waals surface area (Å²) in [5.74, 6) is -1.01. The van der Waals surface area contributed by atoms with E-state index in [1.165, 1.54) is 19.2 Å². The van der Waals surface area contributed by atoms with Crippen LogP contribution in [-0.4, -0.2) is 23.0 Å². The van der Waals surface area contributed by atoms with Crippen LogP contribution >= 0.6 is 0 Å². The third-order valence-electron chi connectivity index (χ3n) is 2.57. The molecule has 0 spiro atoms. The second-order valence-electron chi connectivity index (χ2n) is 4.12. The Hall–Kier alpha value is -2.69. The summed E-state index contributed by atoms with van der Waals surface area (Å²) in [6, 6.07) is 13.9. The molecule has 5 heteroatoms. The number of pyridine rings is 1. The second-order valence-corrected chi connectivity index (χ2v) is 4.12. The molecule has 1 atom stereocenters. The highest BCUT2D eigenvalue weighted by Crippen LogP contribution is 2.07. The Morgan fingerprint density at radius 3 is 2.45 bits per heavy atom. The van der Waals surface area contributed by atoms with Crippen molar-refractivity contribution in [2.24, 2.45) is 0 Å². The first-order valence-corrected chi connectivity index (χ1v) is 6.15. The van der Waals surface area contributed by atoms with Crippen LogP contribution in [0.3, 0.4) is 0 Å². The molecule has 1 aromatic heterocycles. The van der Waals surface area contributed by atoms with Crippen LogP contribution in [0.5, 0.6) is 0 Å². The molecule has 1 heterocycles. The molecular formula is C15H14N2O3. The molecule has 0 aliphatic heterocycles. The first kappa shape index (κ1) is 13.7. The van der Waals surface area contributed by atoms with Gasteiger partial charge in [-0.1, -0.05) is 24.3 Å². The highest BCUT2D eigenvalue weighted by Gasteiger charge is 2.19. The number of para-hydroxylation sites is 1. The van der Waals surface area contributed by atoms with E-state index in [4.69, 9.17) is 4.74 Å². The van der Waals surface area contributed by atoms with Gasteiger partial charge in [-0.2, -0.15) is 0 Å². The SMILES string of the molecule is C[C@H](OC(=O)c1ccccn1)C(=O)Nc1ccccc1. The van der Waals surface area contributed by atoms with Gasteiger partial charge in [0.2, 0.25) is 0 Å². The Labute approximate surface area is 116 Å². The van der Waals surface area contributed by atoms with Crippen molar-refractivity contribution >= 4 is 17.6 Å². The van der Waals surface area contributed by atoms with Gasteiger partial charge in [0.25, 0.3) is 5.91 Å². The normalized spacial score (nSPS) is 11.4. The lowest BCUT2D eigenvalue weighted by Gasteiger charge is -2.13. The molecule has 0 bridgehead atoms. The van der Waals surface area contributed by atoms with Crippen LogP contribution in [0.15, 0.2) is 54.7 Å². The van der Waals surface area contributed by atoms with E-state index in [9.17, 15) is 9.59 Å². The monoisotopic (exact) mass is 270 g/mol. The maximum absolute atomic E-state index is 11.9. The molecule has 2 rings (SSSR count). The Kier molecular flexibility index (Phi) is 4.44. The summed E-state index contributed by atoms with van der Waals surface area (Å²) in [6.07, 6.45) is 0.593. The van der Waals surface area contributed by atoms with Crippen LogP contribution < -0.4 is 5.32 Å². The van der Waals surface area contributed by atoms with Crippen molar-refractivity contribution in [3.05, 3.63) is 60.4 Å². The topological polar surface area (TPSA) is 68.3 Å². The molecule has 0 fully saturated rings. The lowest BCUT2D eigenvalue weighted by molar-refractivity contribution is -0.123. The average Bonchev–Trinajstić information content (AvgIpc) is 2.49. The Bertz CT molecular complexity index is 585. The minimum atomic E-state index is -0.898. The highest BCUT2D eigenvalue weighted by molar-refractivity contribution is 5.96. The van der Waals surface area contributed by atoms with E-state index in [0.29, 0.717) is 5.69 Å². The van der Waals surface area contributed by atoms with Gasteiger partial charge in [-0.05, 0) is 31.2 Å². The number of carbonyl (C=O) groups excluding carboxylic acids is 2. The molecule has 0 aliphatic carbocycles. The zero-order chi connectivity index (χ0) is 14.4. The number of amides is 1. The van der Waals surface area contributed by atoms with Crippen molar-refractivity contribution in [1.82, 2.24) is 4.98 Å². The zero-order valence-corrected chi connectivity index (χ0v) is 10.9. The minimum absolute atomic E-state index is 0.173. The van der Waals surface area contributed by atoms with Gasteiger partial charge in [0.15, 0.2) is 6.10 Å². The number of nitrogens with zero attached hydrogens (tertiary/aromatic N) is 1. The van der Waals surface area contributed by atoms with Crippen molar-refractivity contribution in [3.8, 4) is 0 Å². The third-order valence-corrected chi connectivity index (χ3v) is 2.57. The van der Waals surface area contributed by atoms with Gasteiger partial charge in [0, 0.05) is 11.9 Å². The molecule has 0 saturated heterocycles. The number of benzene rings is 1.